The molecule has 0 heterocycles. The van der Waals surface area contributed by atoms with Crippen molar-refractivity contribution in [3.63, 3.8) is 0 Å². The first-order chi connectivity index (χ1) is 11.3. The second-order valence-corrected chi connectivity index (χ2v) is 8.28. The summed E-state index contributed by atoms with van der Waals surface area (Å²) in [5.74, 6) is 0. The molecule has 0 bridgehead atoms. The summed E-state index contributed by atoms with van der Waals surface area (Å²) in [7, 11) is -4.67. The molecule has 0 aliphatic rings. The number of benzene rings is 1. The maximum absolute atomic E-state index is 8.74. The van der Waals surface area contributed by atoms with Gasteiger partial charge in [0.2, 0.25) is 0 Å². The van der Waals surface area contributed by atoms with Gasteiger partial charge in [0.05, 0.1) is 0 Å². The summed E-state index contributed by atoms with van der Waals surface area (Å²) in [6.07, 6.45) is 15.6. The molecule has 0 atom stereocenters. The molecular formula is C18H31NaO4S. The Bertz CT molecular complexity index is 510. The molecule has 0 aliphatic heterocycles. The Hall–Kier alpha value is 0.0900. The van der Waals surface area contributed by atoms with Gasteiger partial charge >= 0.3 is 135 Å². The second-order valence-electron chi connectivity index (χ2n) is 6.31. The smallest absolute Gasteiger partial charge is 0.264 e. The normalized spacial score (nSPS) is 11.0. The van der Waals surface area contributed by atoms with Gasteiger partial charge in [-0.25, -0.2) is 0 Å². The summed E-state index contributed by atoms with van der Waals surface area (Å²) in [6.45, 7) is 2.29. The average molecular weight is 366 g/mol. The van der Waals surface area contributed by atoms with Crippen LogP contribution in [0.1, 0.15) is 76.7 Å². The van der Waals surface area contributed by atoms with Crippen LogP contribution in [0.3, 0.4) is 0 Å². The topological polar surface area (TPSA) is 74.6 Å². The first-order valence-electron chi connectivity index (χ1n) is 9.09. The Balaban J connectivity index is 0.000000922. The van der Waals surface area contributed by atoms with Crippen LogP contribution >= 0.6 is 0 Å². The third kappa shape index (κ3) is 18.4. The summed E-state index contributed by atoms with van der Waals surface area (Å²) in [6, 6.07) is 8.96. The predicted molar refractivity (Wildman–Crippen MR) is 102 cm³/mol. The fourth-order valence-electron chi connectivity index (χ4n) is 2.69. The first-order valence-corrected chi connectivity index (χ1v) is 11.5. The molecule has 0 amide bonds. The number of hydrogen-bond donors (Lipinski definition) is 2. The molecule has 134 valence electrons. The molecule has 0 radical (unpaired) electrons. The molecule has 1 aromatic rings. The van der Waals surface area contributed by atoms with Crippen LogP contribution in [0.5, 0.6) is 0 Å². The van der Waals surface area contributed by atoms with E-state index in [1.165, 1.54) is 98.6 Å². The van der Waals surface area contributed by atoms with Gasteiger partial charge in [-0.1, -0.05) is 13.3 Å². The van der Waals surface area contributed by atoms with Gasteiger partial charge in [-0.15, -0.1) is 0 Å². The van der Waals surface area contributed by atoms with E-state index in [4.69, 9.17) is 17.5 Å². The van der Waals surface area contributed by atoms with E-state index in [0.29, 0.717) is 0 Å². The molecule has 1 aromatic carbocycles. The molecule has 0 saturated carbocycles. The van der Waals surface area contributed by atoms with Crippen LogP contribution in [0.15, 0.2) is 24.3 Å². The van der Waals surface area contributed by atoms with Crippen molar-refractivity contribution in [3.05, 3.63) is 29.8 Å². The zero-order valence-corrected chi connectivity index (χ0v) is 18.0. The van der Waals surface area contributed by atoms with Crippen molar-refractivity contribution in [1.29, 1.82) is 0 Å². The maximum Gasteiger partial charge on any atom is 0.394 e. The summed E-state index contributed by atoms with van der Waals surface area (Å²) in [4.78, 5) is 0. The molecule has 0 aliphatic carbocycles. The van der Waals surface area contributed by atoms with Crippen molar-refractivity contribution in [2.75, 3.05) is 0 Å². The Morgan fingerprint density at radius 2 is 1.25 bits per heavy atom. The third-order valence-electron chi connectivity index (χ3n) is 4.06. The van der Waals surface area contributed by atoms with Crippen molar-refractivity contribution >= 4 is 41.1 Å². The van der Waals surface area contributed by atoms with Crippen LogP contribution in [-0.2, 0) is 16.8 Å². The van der Waals surface area contributed by atoms with E-state index >= 15 is 0 Å². The Kier molecular flexibility index (Phi) is 15.4. The molecular weight excluding hydrogens is 335 g/mol. The molecule has 1 rings (SSSR count). The van der Waals surface area contributed by atoms with Gasteiger partial charge in [0.15, 0.2) is 0 Å². The van der Waals surface area contributed by atoms with Crippen LogP contribution < -0.4 is 2.81 Å². The monoisotopic (exact) mass is 366 g/mol. The zero-order chi connectivity index (χ0) is 18.3. The van der Waals surface area contributed by atoms with Gasteiger partial charge in [-0.3, -0.25) is 9.11 Å². The van der Waals surface area contributed by atoms with E-state index in [1.54, 1.807) is 8.38 Å². The standard InChI is InChI=1S/C18H29.Na.H2O4S/c1-2-3-4-5-6-7-8-9-10-12-15-18-16-13-11-14-17-18;;1-5(2,3)4/h11,13-14,16H,2-10,12,15H2,1H3;;(H2,1,2,3,4). The fraction of sp³-hybridized carbons (Fsp3) is 0.667. The first kappa shape index (κ1) is 24.1. The zero-order valence-electron chi connectivity index (χ0n) is 15.2. The van der Waals surface area contributed by atoms with Gasteiger partial charge in [0.1, 0.15) is 0 Å². The maximum atomic E-state index is 8.74. The third-order valence-corrected chi connectivity index (χ3v) is 5.04. The molecule has 0 spiro atoms. The van der Waals surface area contributed by atoms with Crippen molar-refractivity contribution in [1.82, 2.24) is 0 Å². The van der Waals surface area contributed by atoms with E-state index in [0.717, 1.165) is 0 Å². The van der Waals surface area contributed by atoms with E-state index in [-0.39, 0.29) is 0 Å². The minimum atomic E-state index is -4.67. The van der Waals surface area contributed by atoms with Gasteiger partial charge in [-0.05, 0) is 0 Å². The fourth-order valence-corrected chi connectivity index (χ4v) is 3.30. The Labute approximate surface area is 165 Å². The van der Waals surface area contributed by atoms with Crippen LogP contribution in [0, 0.1) is 0 Å². The molecule has 4 nitrogen and oxygen atoms in total. The van der Waals surface area contributed by atoms with Crippen molar-refractivity contribution in [3.8, 4) is 0 Å². The van der Waals surface area contributed by atoms with E-state index in [2.05, 4.69) is 31.2 Å². The summed E-state index contributed by atoms with van der Waals surface area (Å²) in [5.41, 5.74) is 1.61. The molecule has 6 heteroatoms. The van der Waals surface area contributed by atoms with Crippen molar-refractivity contribution < 1.29 is 17.5 Å². The number of rotatable bonds is 11. The second kappa shape index (κ2) is 15.4. The quantitative estimate of drug-likeness (QED) is 0.348. The molecule has 0 fully saturated rings. The molecule has 0 unspecified atom stereocenters. The molecule has 0 saturated heterocycles. The Morgan fingerprint density at radius 1 is 0.833 bits per heavy atom. The summed E-state index contributed by atoms with van der Waals surface area (Å²) >= 11 is 1.20. The van der Waals surface area contributed by atoms with Gasteiger partial charge in [0, 0.05) is 0 Å². The molecule has 0 aromatic heterocycles. The van der Waals surface area contributed by atoms with Crippen LogP contribution in [-0.4, -0.2) is 45.5 Å². The summed E-state index contributed by atoms with van der Waals surface area (Å²) in [5, 5.41) is 0. The molecule has 2 N–H and O–H groups in total. The van der Waals surface area contributed by atoms with E-state index < -0.39 is 10.4 Å². The van der Waals surface area contributed by atoms with Crippen molar-refractivity contribution in [2.45, 2.75) is 77.6 Å². The van der Waals surface area contributed by atoms with Gasteiger partial charge in [0.25, 0.3) is 0 Å². The van der Waals surface area contributed by atoms with Gasteiger partial charge in [-0.2, -0.15) is 8.42 Å². The minimum Gasteiger partial charge on any atom is -0.264 e. The van der Waals surface area contributed by atoms with Crippen LogP contribution in [0.25, 0.3) is 0 Å². The average Bonchev–Trinajstić information content (AvgIpc) is 2.49. The SMILES string of the molecule is CCCCCCCCCCCCc1cccc[c]1[Na].O=S(=O)(O)O. The van der Waals surface area contributed by atoms with E-state index in [9.17, 15) is 0 Å². The number of hydrogen-bond acceptors (Lipinski definition) is 2. The summed E-state index contributed by atoms with van der Waals surface area (Å²) < 4.78 is 33.2. The van der Waals surface area contributed by atoms with Gasteiger partial charge < -0.3 is 0 Å². The van der Waals surface area contributed by atoms with E-state index in [1.807, 2.05) is 0 Å². The van der Waals surface area contributed by atoms with Crippen LogP contribution in [0.4, 0.5) is 0 Å². The minimum absolute atomic E-state index is 1.20. The van der Waals surface area contributed by atoms with Crippen LogP contribution in [0.2, 0.25) is 0 Å². The molecule has 24 heavy (non-hydrogen) atoms. The predicted octanol–water partition coefficient (Wildman–Crippen LogP) is 4.29. The Morgan fingerprint density at radius 3 is 1.71 bits per heavy atom. The largest absolute Gasteiger partial charge is 0.394 e. The number of aryl methyl sites for hydroxylation is 1. The van der Waals surface area contributed by atoms with Crippen molar-refractivity contribution in [2.24, 2.45) is 0 Å². The number of unbranched alkanes of at least 4 members (excludes halogenated alkanes) is 9.